The van der Waals surface area contributed by atoms with Crippen molar-refractivity contribution in [2.75, 3.05) is 5.32 Å². The van der Waals surface area contributed by atoms with E-state index in [0.717, 1.165) is 5.82 Å². The van der Waals surface area contributed by atoms with Crippen molar-refractivity contribution in [1.82, 2.24) is 14.8 Å². The number of benzene rings is 2. The number of aryl methyl sites for hydroxylation is 1. The van der Waals surface area contributed by atoms with Gasteiger partial charge in [-0.3, -0.25) is 4.79 Å². The van der Waals surface area contributed by atoms with Crippen LogP contribution in [0, 0.1) is 6.92 Å². The topological polar surface area (TPSA) is 80.0 Å². The van der Waals surface area contributed by atoms with Crippen LogP contribution < -0.4 is 5.32 Å². The van der Waals surface area contributed by atoms with Crippen LogP contribution in [0.3, 0.4) is 0 Å². The van der Waals surface area contributed by atoms with Gasteiger partial charge >= 0.3 is 0 Å². The Morgan fingerprint density at radius 2 is 1.97 bits per heavy atom. The highest BCUT2D eigenvalue weighted by Crippen LogP contribution is 2.28. The molecule has 3 rings (SSSR count). The number of carbonyl (C=O) groups excluding carboxylic acids is 1. The van der Waals surface area contributed by atoms with E-state index in [2.05, 4.69) is 46.7 Å². The molecule has 1 unspecified atom stereocenters. The molecule has 0 aliphatic heterocycles. The summed E-state index contributed by atoms with van der Waals surface area (Å²) in [4.78, 5) is 13.8. The summed E-state index contributed by atoms with van der Waals surface area (Å²) in [6.07, 6.45) is 0.648. The number of aromatic hydroxyl groups is 1. The molecular formula is C21H24N4O2S2. The Bertz CT molecular complexity index is 973. The molecule has 0 radical (unpaired) electrons. The fourth-order valence-electron chi connectivity index (χ4n) is 2.61. The van der Waals surface area contributed by atoms with Crippen molar-refractivity contribution in [3.05, 3.63) is 59.9 Å². The highest BCUT2D eigenvalue weighted by Gasteiger charge is 2.22. The molecule has 6 nitrogen and oxygen atoms in total. The molecule has 0 saturated heterocycles. The number of carbonyl (C=O) groups is 1. The molecule has 2 aromatic carbocycles. The van der Waals surface area contributed by atoms with E-state index in [0.29, 0.717) is 23.0 Å². The van der Waals surface area contributed by atoms with Crippen LogP contribution in [0.25, 0.3) is 0 Å². The second-order valence-electron chi connectivity index (χ2n) is 6.61. The van der Waals surface area contributed by atoms with Crippen LogP contribution in [0.1, 0.15) is 24.7 Å². The molecule has 0 bridgehead atoms. The van der Waals surface area contributed by atoms with Gasteiger partial charge in [0.15, 0.2) is 5.16 Å². The predicted molar refractivity (Wildman–Crippen MR) is 118 cm³/mol. The fourth-order valence-corrected chi connectivity index (χ4v) is 4.43. The molecule has 0 spiro atoms. The van der Waals surface area contributed by atoms with Crippen molar-refractivity contribution >= 4 is 35.1 Å². The summed E-state index contributed by atoms with van der Waals surface area (Å²) in [5, 5.41) is 21.4. The quantitative estimate of drug-likeness (QED) is 0.509. The maximum Gasteiger partial charge on any atom is 0.237 e. The maximum atomic E-state index is 12.6. The van der Waals surface area contributed by atoms with E-state index in [9.17, 15) is 9.90 Å². The summed E-state index contributed by atoms with van der Waals surface area (Å²) in [6, 6.07) is 14.9. The van der Waals surface area contributed by atoms with E-state index in [1.54, 1.807) is 30.0 Å². The number of rotatable bonds is 8. The van der Waals surface area contributed by atoms with Crippen LogP contribution in [0.4, 0.5) is 5.69 Å². The van der Waals surface area contributed by atoms with Gasteiger partial charge in [0.05, 0.1) is 11.0 Å². The van der Waals surface area contributed by atoms with Crippen molar-refractivity contribution in [2.24, 2.45) is 7.05 Å². The van der Waals surface area contributed by atoms with Crippen LogP contribution >= 0.6 is 23.5 Å². The zero-order chi connectivity index (χ0) is 20.8. The third-order valence-corrected chi connectivity index (χ3v) is 6.74. The first-order valence-electron chi connectivity index (χ1n) is 9.30. The molecular weight excluding hydrogens is 404 g/mol. The zero-order valence-electron chi connectivity index (χ0n) is 16.6. The van der Waals surface area contributed by atoms with E-state index in [-0.39, 0.29) is 16.9 Å². The lowest BCUT2D eigenvalue weighted by molar-refractivity contribution is -0.115. The van der Waals surface area contributed by atoms with E-state index >= 15 is 0 Å². The van der Waals surface area contributed by atoms with Crippen molar-refractivity contribution in [3.63, 3.8) is 0 Å². The van der Waals surface area contributed by atoms with Crippen LogP contribution in [-0.4, -0.2) is 31.0 Å². The van der Waals surface area contributed by atoms with Crippen molar-refractivity contribution < 1.29 is 9.90 Å². The molecule has 0 fully saturated rings. The molecule has 8 heteroatoms. The minimum Gasteiger partial charge on any atom is -0.508 e. The normalized spacial score (nSPS) is 12.0. The first-order valence-corrected chi connectivity index (χ1v) is 11.2. The summed E-state index contributed by atoms with van der Waals surface area (Å²) in [6.45, 7) is 4.03. The standard InChI is InChI=1S/C21H24N4O2S2/c1-4-18(20(27)22-15-6-5-7-16(26)12-15)29-21-24-23-19(25(21)3)13-28-17-10-8-14(2)9-11-17/h5-12,18,26H,4,13H2,1-3H3,(H,22,27). The minimum absolute atomic E-state index is 0.118. The van der Waals surface area contributed by atoms with Gasteiger partial charge in [-0.05, 0) is 37.6 Å². The molecule has 1 heterocycles. The summed E-state index contributed by atoms with van der Waals surface area (Å²) in [7, 11) is 1.92. The Kier molecular flexibility index (Phi) is 7.22. The van der Waals surface area contributed by atoms with Crippen LogP contribution in [0.2, 0.25) is 0 Å². The summed E-state index contributed by atoms with van der Waals surface area (Å²) < 4.78 is 1.94. The molecule has 1 aromatic heterocycles. The number of nitrogens with one attached hydrogen (secondary N) is 1. The molecule has 29 heavy (non-hydrogen) atoms. The summed E-state index contributed by atoms with van der Waals surface area (Å²) in [5.41, 5.74) is 1.81. The molecule has 3 aromatic rings. The Balaban J connectivity index is 1.62. The van der Waals surface area contributed by atoms with Gasteiger partial charge in [-0.1, -0.05) is 42.4 Å². The van der Waals surface area contributed by atoms with Crippen molar-refractivity contribution in [1.29, 1.82) is 0 Å². The number of anilines is 1. The Labute approximate surface area is 179 Å². The number of phenolic OH excluding ortho intramolecular Hbond substituents is 1. The Morgan fingerprint density at radius 1 is 1.21 bits per heavy atom. The molecule has 152 valence electrons. The lowest BCUT2D eigenvalue weighted by atomic mass is 10.2. The van der Waals surface area contributed by atoms with Crippen LogP contribution in [0.15, 0.2) is 58.6 Å². The molecule has 1 amide bonds. The average Bonchev–Trinajstić information content (AvgIpc) is 3.05. The third kappa shape index (κ3) is 5.77. The number of phenols is 1. The van der Waals surface area contributed by atoms with E-state index < -0.39 is 0 Å². The number of hydrogen-bond donors (Lipinski definition) is 2. The van der Waals surface area contributed by atoms with Crippen molar-refractivity contribution in [2.45, 2.75) is 41.3 Å². The fraction of sp³-hybridized carbons (Fsp3) is 0.286. The molecule has 0 aliphatic carbocycles. The van der Waals surface area contributed by atoms with E-state index in [4.69, 9.17) is 0 Å². The lowest BCUT2D eigenvalue weighted by Gasteiger charge is -2.14. The average molecular weight is 429 g/mol. The van der Waals surface area contributed by atoms with Crippen LogP contribution in [-0.2, 0) is 17.6 Å². The number of amides is 1. The predicted octanol–water partition coefficient (Wildman–Crippen LogP) is 4.63. The van der Waals surface area contributed by atoms with Gasteiger partial charge in [0.2, 0.25) is 5.91 Å². The number of aromatic nitrogens is 3. The first-order chi connectivity index (χ1) is 14.0. The molecule has 0 aliphatic rings. The van der Waals surface area contributed by atoms with Gasteiger partial charge in [-0.2, -0.15) is 0 Å². The highest BCUT2D eigenvalue weighted by molar-refractivity contribution is 8.00. The second-order valence-corrected chi connectivity index (χ2v) is 8.83. The largest absolute Gasteiger partial charge is 0.508 e. The SMILES string of the molecule is CCC(Sc1nnc(CSc2ccc(C)cc2)n1C)C(=O)Nc1cccc(O)c1. The maximum absolute atomic E-state index is 12.6. The van der Waals surface area contributed by atoms with Crippen molar-refractivity contribution in [3.8, 4) is 5.75 Å². The van der Waals surface area contributed by atoms with Crippen LogP contribution in [0.5, 0.6) is 5.75 Å². The summed E-state index contributed by atoms with van der Waals surface area (Å²) >= 11 is 3.11. The summed E-state index contributed by atoms with van der Waals surface area (Å²) in [5.74, 6) is 1.56. The number of nitrogens with zero attached hydrogens (tertiary/aromatic N) is 3. The Morgan fingerprint density at radius 3 is 2.66 bits per heavy atom. The van der Waals surface area contributed by atoms with Gasteiger partial charge in [-0.15, -0.1) is 22.0 Å². The van der Waals surface area contributed by atoms with Gasteiger partial charge in [0.25, 0.3) is 0 Å². The Hall–Kier alpha value is -2.45. The molecule has 1 atom stereocenters. The third-order valence-electron chi connectivity index (χ3n) is 4.34. The lowest BCUT2D eigenvalue weighted by Crippen LogP contribution is -2.25. The smallest absolute Gasteiger partial charge is 0.237 e. The van der Waals surface area contributed by atoms with Gasteiger partial charge in [0.1, 0.15) is 11.6 Å². The highest BCUT2D eigenvalue weighted by atomic mass is 32.2. The van der Waals surface area contributed by atoms with E-state index in [1.165, 1.54) is 28.3 Å². The van der Waals surface area contributed by atoms with E-state index in [1.807, 2.05) is 18.5 Å². The zero-order valence-corrected chi connectivity index (χ0v) is 18.3. The minimum atomic E-state index is -0.308. The molecule has 2 N–H and O–H groups in total. The first kappa shape index (κ1) is 21.3. The van der Waals surface area contributed by atoms with Gasteiger partial charge in [-0.25, -0.2) is 0 Å². The second kappa shape index (κ2) is 9.84. The monoisotopic (exact) mass is 428 g/mol. The molecule has 0 saturated carbocycles. The number of thioether (sulfide) groups is 2. The number of hydrogen-bond acceptors (Lipinski definition) is 6. The van der Waals surface area contributed by atoms with Gasteiger partial charge < -0.3 is 15.0 Å². The van der Waals surface area contributed by atoms with Gasteiger partial charge in [0, 0.05) is 23.7 Å².